The highest BCUT2D eigenvalue weighted by Gasteiger charge is 2.37. The second-order valence-corrected chi connectivity index (χ2v) is 5.03. The zero-order chi connectivity index (χ0) is 14.1. The maximum atomic E-state index is 12.3. The van der Waals surface area contributed by atoms with Crippen LogP contribution in [0.1, 0.15) is 23.2 Å². The Labute approximate surface area is 115 Å². The van der Waals surface area contributed by atoms with Gasteiger partial charge in [0.15, 0.2) is 0 Å². The molecule has 5 heteroatoms. The van der Waals surface area contributed by atoms with Gasteiger partial charge in [0.2, 0.25) is 0 Å². The molecule has 20 heavy (non-hydrogen) atoms. The third kappa shape index (κ3) is 2.34. The summed E-state index contributed by atoms with van der Waals surface area (Å²) >= 11 is 0. The molecule has 0 aliphatic heterocycles. The second-order valence-electron chi connectivity index (χ2n) is 5.03. The second kappa shape index (κ2) is 4.92. The SMILES string of the molecule is O=C(NC(C(=O)O)C1CC1)c1cncc2ccccc12. The lowest BCUT2D eigenvalue weighted by atomic mass is 10.1. The van der Waals surface area contributed by atoms with Gasteiger partial charge in [-0.05, 0) is 24.1 Å². The third-order valence-corrected chi connectivity index (χ3v) is 3.56. The molecule has 1 aliphatic carbocycles. The zero-order valence-electron chi connectivity index (χ0n) is 10.7. The van der Waals surface area contributed by atoms with Gasteiger partial charge in [0.05, 0.1) is 5.56 Å². The molecule has 0 saturated heterocycles. The summed E-state index contributed by atoms with van der Waals surface area (Å²) in [5, 5.41) is 13.4. The molecule has 1 saturated carbocycles. The molecule has 2 N–H and O–H groups in total. The van der Waals surface area contributed by atoms with E-state index in [1.807, 2.05) is 24.3 Å². The van der Waals surface area contributed by atoms with E-state index in [9.17, 15) is 9.59 Å². The first-order valence-electron chi connectivity index (χ1n) is 6.53. The lowest BCUT2D eigenvalue weighted by Crippen LogP contribution is -2.42. The van der Waals surface area contributed by atoms with Crippen molar-refractivity contribution in [2.24, 2.45) is 5.92 Å². The first-order valence-corrected chi connectivity index (χ1v) is 6.53. The largest absolute Gasteiger partial charge is 0.480 e. The Hall–Kier alpha value is -2.43. The molecular weight excluding hydrogens is 256 g/mol. The van der Waals surface area contributed by atoms with E-state index in [2.05, 4.69) is 10.3 Å². The summed E-state index contributed by atoms with van der Waals surface area (Å²) in [6.45, 7) is 0. The van der Waals surface area contributed by atoms with Crippen LogP contribution >= 0.6 is 0 Å². The minimum atomic E-state index is -0.978. The van der Waals surface area contributed by atoms with Crippen molar-refractivity contribution in [2.75, 3.05) is 0 Å². The van der Waals surface area contributed by atoms with Crippen LogP contribution in [0.4, 0.5) is 0 Å². The number of nitrogens with one attached hydrogen (secondary N) is 1. The van der Waals surface area contributed by atoms with Gasteiger partial charge in [0.1, 0.15) is 6.04 Å². The van der Waals surface area contributed by atoms with Crippen LogP contribution in [0, 0.1) is 5.92 Å². The van der Waals surface area contributed by atoms with Gasteiger partial charge in [-0.3, -0.25) is 9.78 Å². The molecule has 1 aliphatic rings. The Morgan fingerprint density at radius 3 is 2.70 bits per heavy atom. The maximum absolute atomic E-state index is 12.3. The van der Waals surface area contributed by atoms with Crippen LogP contribution < -0.4 is 5.32 Å². The number of carboxylic acids is 1. The van der Waals surface area contributed by atoms with Crippen molar-refractivity contribution < 1.29 is 14.7 Å². The maximum Gasteiger partial charge on any atom is 0.326 e. The lowest BCUT2D eigenvalue weighted by Gasteiger charge is -2.14. The van der Waals surface area contributed by atoms with Gasteiger partial charge >= 0.3 is 5.97 Å². The Kier molecular flexibility index (Phi) is 3.10. The number of carboxylic acid groups (broad SMARTS) is 1. The van der Waals surface area contributed by atoms with Crippen molar-refractivity contribution in [3.05, 3.63) is 42.2 Å². The number of nitrogens with zero attached hydrogens (tertiary/aromatic N) is 1. The molecular formula is C15H14N2O3. The van der Waals surface area contributed by atoms with Gasteiger partial charge in [-0.25, -0.2) is 4.79 Å². The van der Waals surface area contributed by atoms with Gasteiger partial charge in [0.25, 0.3) is 5.91 Å². The minimum Gasteiger partial charge on any atom is -0.480 e. The van der Waals surface area contributed by atoms with Crippen LogP contribution in [0.3, 0.4) is 0 Å². The average molecular weight is 270 g/mol. The van der Waals surface area contributed by atoms with Gasteiger partial charge in [0, 0.05) is 17.8 Å². The van der Waals surface area contributed by atoms with Gasteiger partial charge in [-0.2, -0.15) is 0 Å². The van der Waals surface area contributed by atoms with E-state index in [1.165, 1.54) is 6.20 Å². The fourth-order valence-electron chi connectivity index (χ4n) is 2.33. The standard InChI is InChI=1S/C15H14N2O3/c18-14(17-13(15(19)20)9-5-6-9)12-8-16-7-10-3-1-2-4-11(10)12/h1-4,7-9,13H,5-6H2,(H,17,18)(H,19,20). The van der Waals surface area contributed by atoms with Gasteiger partial charge in [-0.1, -0.05) is 24.3 Å². The van der Waals surface area contributed by atoms with E-state index in [0.29, 0.717) is 5.56 Å². The molecule has 1 fully saturated rings. The Bertz CT molecular complexity index is 674. The quantitative estimate of drug-likeness (QED) is 0.888. The van der Waals surface area contributed by atoms with Crippen molar-refractivity contribution in [1.29, 1.82) is 0 Å². The van der Waals surface area contributed by atoms with E-state index in [0.717, 1.165) is 23.6 Å². The molecule has 0 radical (unpaired) electrons. The number of amides is 1. The van der Waals surface area contributed by atoms with Gasteiger partial charge < -0.3 is 10.4 Å². The number of carbonyl (C=O) groups is 2. The Balaban J connectivity index is 1.90. The zero-order valence-corrected chi connectivity index (χ0v) is 10.7. The summed E-state index contributed by atoms with van der Waals surface area (Å²) in [6, 6.07) is 6.61. The summed E-state index contributed by atoms with van der Waals surface area (Å²) in [4.78, 5) is 27.5. The first kappa shape index (κ1) is 12.6. The Morgan fingerprint density at radius 1 is 1.25 bits per heavy atom. The first-order chi connectivity index (χ1) is 9.66. The van der Waals surface area contributed by atoms with Crippen LogP contribution in [-0.4, -0.2) is 28.0 Å². The third-order valence-electron chi connectivity index (χ3n) is 3.56. The smallest absolute Gasteiger partial charge is 0.326 e. The predicted molar refractivity (Wildman–Crippen MR) is 73.4 cm³/mol. The number of benzene rings is 1. The molecule has 5 nitrogen and oxygen atoms in total. The fraction of sp³-hybridized carbons (Fsp3) is 0.267. The van der Waals surface area contributed by atoms with E-state index in [1.54, 1.807) is 6.20 Å². The molecule has 1 amide bonds. The van der Waals surface area contributed by atoms with Crippen LogP contribution in [-0.2, 0) is 4.79 Å². The van der Waals surface area contributed by atoms with Crippen molar-refractivity contribution >= 4 is 22.6 Å². The monoisotopic (exact) mass is 270 g/mol. The molecule has 2 aromatic rings. The van der Waals surface area contributed by atoms with E-state index in [4.69, 9.17) is 5.11 Å². The number of carbonyl (C=O) groups excluding carboxylic acids is 1. The predicted octanol–water partition coefficient (Wildman–Crippen LogP) is 1.83. The average Bonchev–Trinajstić information content (AvgIpc) is 3.28. The lowest BCUT2D eigenvalue weighted by molar-refractivity contribution is -0.139. The summed E-state index contributed by atoms with van der Waals surface area (Å²) in [5.74, 6) is -1.30. The minimum absolute atomic E-state index is 0.0550. The van der Waals surface area contributed by atoms with Crippen molar-refractivity contribution in [3.63, 3.8) is 0 Å². The normalized spacial score (nSPS) is 15.8. The number of fused-ring (bicyclic) bond motifs is 1. The van der Waals surface area contributed by atoms with Crippen LogP contribution in [0.15, 0.2) is 36.7 Å². The highest BCUT2D eigenvalue weighted by molar-refractivity contribution is 6.07. The van der Waals surface area contributed by atoms with Crippen LogP contribution in [0.25, 0.3) is 10.8 Å². The van der Waals surface area contributed by atoms with E-state index >= 15 is 0 Å². The highest BCUT2D eigenvalue weighted by Crippen LogP contribution is 2.33. The summed E-state index contributed by atoms with van der Waals surface area (Å²) in [6.07, 6.45) is 4.86. The molecule has 0 bridgehead atoms. The molecule has 1 heterocycles. The number of rotatable bonds is 4. The van der Waals surface area contributed by atoms with Crippen molar-refractivity contribution in [2.45, 2.75) is 18.9 Å². The molecule has 1 atom stereocenters. The number of aliphatic carboxylic acids is 1. The number of hydrogen-bond acceptors (Lipinski definition) is 3. The topological polar surface area (TPSA) is 79.3 Å². The summed E-state index contributed by atoms with van der Waals surface area (Å²) < 4.78 is 0. The van der Waals surface area contributed by atoms with Crippen molar-refractivity contribution in [3.8, 4) is 0 Å². The molecule has 1 unspecified atom stereocenters. The highest BCUT2D eigenvalue weighted by atomic mass is 16.4. The summed E-state index contributed by atoms with van der Waals surface area (Å²) in [7, 11) is 0. The van der Waals surface area contributed by atoms with E-state index in [-0.39, 0.29) is 11.8 Å². The molecule has 3 rings (SSSR count). The number of hydrogen-bond donors (Lipinski definition) is 2. The molecule has 1 aromatic carbocycles. The number of aromatic nitrogens is 1. The number of pyridine rings is 1. The van der Waals surface area contributed by atoms with Crippen molar-refractivity contribution in [1.82, 2.24) is 10.3 Å². The van der Waals surface area contributed by atoms with Gasteiger partial charge in [-0.15, -0.1) is 0 Å². The fourth-order valence-corrected chi connectivity index (χ4v) is 2.33. The van der Waals surface area contributed by atoms with E-state index < -0.39 is 12.0 Å². The summed E-state index contributed by atoms with van der Waals surface area (Å²) in [5.41, 5.74) is 0.412. The van der Waals surface area contributed by atoms with Crippen LogP contribution in [0.2, 0.25) is 0 Å². The molecule has 102 valence electrons. The molecule has 0 spiro atoms. The molecule has 1 aromatic heterocycles. The Morgan fingerprint density at radius 2 is 2.00 bits per heavy atom. The van der Waals surface area contributed by atoms with Crippen LogP contribution in [0.5, 0.6) is 0 Å².